The number of fused-ring (bicyclic) bond motifs is 1. The lowest BCUT2D eigenvalue weighted by molar-refractivity contribution is -0.137. The van der Waals surface area contributed by atoms with Gasteiger partial charge in [-0.1, -0.05) is 41.9 Å². The number of piperazine rings is 1. The van der Waals surface area contributed by atoms with Crippen LogP contribution in [0.3, 0.4) is 0 Å². The maximum absolute atomic E-state index is 10.8. The monoisotopic (exact) mass is 439 g/mol. The second kappa shape index (κ2) is 10.2. The van der Waals surface area contributed by atoms with E-state index < -0.39 is 5.97 Å². The lowest BCUT2D eigenvalue weighted by atomic mass is 10.1. The van der Waals surface area contributed by atoms with Crippen LogP contribution in [-0.4, -0.2) is 53.3 Å². The van der Waals surface area contributed by atoms with Gasteiger partial charge in [0, 0.05) is 56.2 Å². The van der Waals surface area contributed by atoms with E-state index in [1.165, 1.54) is 16.5 Å². The Kier molecular flexibility index (Phi) is 7.15. The topological polar surface area (TPSA) is 48.7 Å². The van der Waals surface area contributed by atoms with Crippen LogP contribution in [0.25, 0.3) is 10.9 Å². The molecule has 1 saturated heterocycles. The second-order valence-electron chi connectivity index (χ2n) is 8.25. The van der Waals surface area contributed by atoms with Gasteiger partial charge in [-0.25, -0.2) is 0 Å². The molecule has 3 aromatic rings. The molecule has 31 heavy (non-hydrogen) atoms. The Hall–Kier alpha value is -2.50. The van der Waals surface area contributed by atoms with Crippen LogP contribution in [-0.2, 0) is 17.8 Å². The van der Waals surface area contributed by atoms with Crippen molar-refractivity contribution in [3.63, 3.8) is 0 Å². The van der Waals surface area contributed by atoms with Crippen LogP contribution in [0.15, 0.2) is 54.7 Å². The number of benzene rings is 2. The molecule has 0 aliphatic carbocycles. The molecule has 4 rings (SSSR count). The zero-order chi connectivity index (χ0) is 21.6. The van der Waals surface area contributed by atoms with Gasteiger partial charge in [0.15, 0.2) is 0 Å². The van der Waals surface area contributed by atoms with Gasteiger partial charge in [0.05, 0.1) is 10.7 Å². The van der Waals surface area contributed by atoms with E-state index in [-0.39, 0.29) is 6.42 Å². The van der Waals surface area contributed by atoms with Crippen molar-refractivity contribution in [3.05, 3.63) is 65.3 Å². The van der Waals surface area contributed by atoms with E-state index in [2.05, 4.69) is 50.9 Å². The Morgan fingerprint density at radius 3 is 2.45 bits per heavy atom. The Morgan fingerprint density at radius 1 is 0.935 bits per heavy atom. The third kappa shape index (κ3) is 5.41. The van der Waals surface area contributed by atoms with Crippen molar-refractivity contribution in [3.8, 4) is 0 Å². The molecular weight excluding hydrogens is 410 g/mol. The van der Waals surface area contributed by atoms with E-state index >= 15 is 0 Å². The van der Waals surface area contributed by atoms with E-state index in [9.17, 15) is 4.79 Å². The van der Waals surface area contributed by atoms with E-state index in [0.717, 1.165) is 62.8 Å². The van der Waals surface area contributed by atoms with Crippen molar-refractivity contribution in [1.82, 2.24) is 9.47 Å². The summed E-state index contributed by atoms with van der Waals surface area (Å²) in [5, 5.41) is 11.0. The highest BCUT2D eigenvalue weighted by Crippen LogP contribution is 2.26. The van der Waals surface area contributed by atoms with Gasteiger partial charge >= 0.3 is 5.97 Å². The molecule has 0 unspecified atom stereocenters. The van der Waals surface area contributed by atoms with E-state index in [1.807, 2.05) is 18.2 Å². The number of carbonyl (C=O) groups is 1. The quantitative estimate of drug-likeness (QED) is 0.514. The van der Waals surface area contributed by atoms with Crippen LogP contribution >= 0.6 is 11.6 Å². The van der Waals surface area contributed by atoms with Crippen LogP contribution in [0.2, 0.25) is 5.02 Å². The number of hydrogen-bond acceptors (Lipinski definition) is 3. The highest BCUT2D eigenvalue weighted by atomic mass is 35.5. The van der Waals surface area contributed by atoms with E-state index in [1.54, 1.807) is 0 Å². The average Bonchev–Trinajstić information content (AvgIpc) is 3.12. The molecule has 0 bridgehead atoms. The number of aryl methyl sites for hydroxylation is 2. The fourth-order valence-corrected chi connectivity index (χ4v) is 4.78. The van der Waals surface area contributed by atoms with Crippen LogP contribution in [0.4, 0.5) is 5.69 Å². The summed E-state index contributed by atoms with van der Waals surface area (Å²) in [5.74, 6) is -0.724. The van der Waals surface area contributed by atoms with E-state index in [0.29, 0.717) is 6.42 Å². The summed E-state index contributed by atoms with van der Waals surface area (Å²) in [6.45, 7) is 6.17. The number of para-hydroxylation sites is 2. The van der Waals surface area contributed by atoms with Crippen LogP contribution in [0.5, 0.6) is 0 Å². The number of aromatic nitrogens is 1. The summed E-state index contributed by atoms with van der Waals surface area (Å²) in [7, 11) is 0. The Labute approximate surface area is 188 Å². The predicted molar refractivity (Wildman–Crippen MR) is 127 cm³/mol. The lowest BCUT2D eigenvalue weighted by Crippen LogP contribution is -2.46. The van der Waals surface area contributed by atoms with Gasteiger partial charge in [-0.15, -0.1) is 0 Å². The van der Waals surface area contributed by atoms with Gasteiger partial charge in [-0.2, -0.15) is 0 Å². The molecule has 0 amide bonds. The van der Waals surface area contributed by atoms with Crippen LogP contribution in [0.1, 0.15) is 24.8 Å². The molecule has 1 aliphatic heterocycles. The minimum absolute atomic E-state index is 0.222. The maximum Gasteiger partial charge on any atom is 0.303 e. The number of carboxylic acid groups (broad SMARTS) is 1. The number of halogens is 1. The molecular formula is C25H30ClN3O2. The molecule has 2 heterocycles. The molecule has 2 aromatic carbocycles. The Morgan fingerprint density at radius 2 is 1.68 bits per heavy atom. The smallest absolute Gasteiger partial charge is 0.303 e. The molecule has 0 spiro atoms. The van der Waals surface area contributed by atoms with Crippen molar-refractivity contribution in [2.45, 2.75) is 32.2 Å². The molecule has 1 aromatic heterocycles. The molecule has 6 heteroatoms. The Bertz CT molecular complexity index is 1020. The first kappa shape index (κ1) is 21.7. The normalized spacial score (nSPS) is 14.9. The van der Waals surface area contributed by atoms with Gasteiger partial charge in [0.2, 0.25) is 0 Å². The molecule has 164 valence electrons. The molecule has 1 aliphatic rings. The number of nitrogens with zero attached hydrogens (tertiary/aromatic N) is 3. The molecule has 1 fully saturated rings. The predicted octanol–water partition coefficient (Wildman–Crippen LogP) is 4.91. The summed E-state index contributed by atoms with van der Waals surface area (Å²) in [4.78, 5) is 15.8. The first-order valence-electron chi connectivity index (χ1n) is 11.1. The van der Waals surface area contributed by atoms with Crippen LogP contribution in [0, 0.1) is 0 Å². The van der Waals surface area contributed by atoms with Crippen molar-refractivity contribution in [2.75, 3.05) is 37.6 Å². The molecule has 0 atom stereocenters. The highest BCUT2D eigenvalue weighted by molar-refractivity contribution is 6.33. The largest absolute Gasteiger partial charge is 0.481 e. The van der Waals surface area contributed by atoms with Crippen LogP contribution < -0.4 is 4.90 Å². The van der Waals surface area contributed by atoms with Gasteiger partial charge in [0.1, 0.15) is 0 Å². The average molecular weight is 440 g/mol. The molecule has 0 saturated carbocycles. The molecule has 1 N–H and O–H groups in total. The summed E-state index contributed by atoms with van der Waals surface area (Å²) >= 11 is 6.36. The van der Waals surface area contributed by atoms with Crippen molar-refractivity contribution in [1.29, 1.82) is 0 Å². The van der Waals surface area contributed by atoms with Crippen molar-refractivity contribution >= 4 is 34.2 Å². The summed E-state index contributed by atoms with van der Waals surface area (Å²) in [6, 6.07) is 16.5. The third-order valence-corrected chi connectivity index (χ3v) is 6.47. The number of anilines is 1. The maximum atomic E-state index is 10.8. The summed E-state index contributed by atoms with van der Waals surface area (Å²) < 4.78 is 2.34. The minimum Gasteiger partial charge on any atom is -0.481 e. The fraction of sp³-hybridized carbons (Fsp3) is 0.400. The van der Waals surface area contributed by atoms with Gasteiger partial charge < -0.3 is 14.6 Å². The first-order valence-corrected chi connectivity index (χ1v) is 11.5. The zero-order valence-electron chi connectivity index (χ0n) is 17.8. The standard InChI is InChI=1S/C25H30ClN3O2/c26-22-9-2-4-11-24(22)28-17-15-27(16-18-28)13-6-14-29-19-20(7-5-12-25(30)31)21-8-1-3-10-23(21)29/h1-4,8-11,19H,5-7,12-18H2,(H,30,31). The number of hydrogen-bond donors (Lipinski definition) is 1. The fourth-order valence-electron chi connectivity index (χ4n) is 4.52. The highest BCUT2D eigenvalue weighted by Gasteiger charge is 2.18. The number of rotatable bonds is 9. The van der Waals surface area contributed by atoms with Crippen molar-refractivity contribution in [2.24, 2.45) is 0 Å². The van der Waals surface area contributed by atoms with Gasteiger partial charge in [-0.3, -0.25) is 9.69 Å². The second-order valence-corrected chi connectivity index (χ2v) is 8.65. The minimum atomic E-state index is -0.724. The van der Waals surface area contributed by atoms with Gasteiger partial charge in [0.25, 0.3) is 0 Å². The SMILES string of the molecule is O=C(O)CCCc1cn(CCCN2CCN(c3ccccc3Cl)CC2)c2ccccc12. The van der Waals surface area contributed by atoms with Crippen molar-refractivity contribution < 1.29 is 9.90 Å². The zero-order valence-corrected chi connectivity index (χ0v) is 18.6. The Balaban J connectivity index is 1.30. The third-order valence-electron chi connectivity index (χ3n) is 6.15. The molecule has 0 radical (unpaired) electrons. The number of carboxylic acids is 1. The first-order chi connectivity index (χ1) is 15.1. The summed E-state index contributed by atoms with van der Waals surface area (Å²) in [6.07, 6.45) is 5.03. The van der Waals surface area contributed by atoms with E-state index in [4.69, 9.17) is 16.7 Å². The van der Waals surface area contributed by atoms with Gasteiger partial charge in [-0.05, 0) is 49.6 Å². The summed E-state index contributed by atoms with van der Waals surface area (Å²) in [5.41, 5.74) is 3.64. The number of aliphatic carboxylic acids is 1. The lowest BCUT2D eigenvalue weighted by Gasteiger charge is -2.36. The molecule has 5 nitrogen and oxygen atoms in total.